The Morgan fingerprint density at radius 3 is 2.65 bits per heavy atom. The molecule has 34 heavy (non-hydrogen) atoms. The second kappa shape index (κ2) is 9.06. The van der Waals surface area contributed by atoms with Crippen molar-refractivity contribution in [2.75, 3.05) is 23.3 Å². The van der Waals surface area contributed by atoms with Crippen molar-refractivity contribution in [3.8, 4) is 5.69 Å². The fourth-order valence-electron chi connectivity index (χ4n) is 4.73. The highest BCUT2D eigenvalue weighted by Crippen LogP contribution is 2.32. The lowest BCUT2D eigenvalue weighted by atomic mass is 9.96. The molecule has 8 heteroatoms. The predicted octanol–water partition coefficient (Wildman–Crippen LogP) is 5.25. The van der Waals surface area contributed by atoms with Crippen LogP contribution in [0.5, 0.6) is 0 Å². The Morgan fingerprint density at radius 1 is 1.09 bits per heavy atom. The van der Waals surface area contributed by atoms with Crippen LogP contribution < -0.4 is 10.2 Å². The van der Waals surface area contributed by atoms with Crippen LogP contribution in [-0.4, -0.2) is 39.0 Å². The Labute approximate surface area is 203 Å². The summed E-state index contributed by atoms with van der Waals surface area (Å²) < 4.78 is 1.95. The SMILES string of the molecule is Cc1cc(Cl)ccc1NC(=O)C1CCCN(c2nnc(C)c3c(C)n(-c4ccccc4)nc23)C1. The molecule has 0 aliphatic carbocycles. The normalized spacial score (nSPS) is 16.1. The molecule has 1 unspecified atom stereocenters. The van der Waals surface area contributed by atoms with Gasteiger partial charge in [-0.2, -0.15) is 10.2 Å². The van der Waals surface area contributed by atoms with E-state index in [0.29, 0.717) is 11.6 Å². The Kier molecular flexibility index (Phi) is 5.96. The molecule has 174 valence electrons. The van der Waals surface area contributed by atoms with Crippen LogP contribution in [0.15, 0.2) is 48.5 Å². The zero-order valence-corrected chi connectivity index (χ0v) is 20.3. The Balaban J connectivity index is 1.44. The van der Waals surface area contributed by atoms with Crippen LogP contribution in [0.2, 0.25) is 5.02 Å². The molecule has 2 aromatic heterocycles. The van der Waals surface area contributed by atoms with E-state index < -0.39 is 0 Å². The third-order valence-electron chi connectivity index (χ3n) is 6.52. The number of carbonyl (C=O) groups is 1. The van der Waals surface area contributed by atoms with Crippen LogP contribution in [0, 0.1) is 26.7 Å². The first kappa shape index (κ1) is 22.3. The maximum atomic E-state index is 13.1. The lowest BCUT2D eigenvalue weighted by molar-refractivity contribution is -0.120. The third kappa shape index (κ3) is 4.12. The second-order valence-corrected chi connectivity index (χ2v) is 9.34. The van der Waals surface area contributed by atoms with Crippen LogP contribution >= 0.6 is 11.6 Å². The molecule has 1 saturated heterocycles. The molecule has 1 amide bonds. The van der Waals surface area contributed by atoms with Gasteiger partial charge in [0.05, 0.1) is 28.4 Å². The van der Waals surface area contributed by atoms with E-state index in [1.807, 2.05) is 61.0 Å². The van der Waals surface area contributed by atoms with E-state index in [1.165, 1.54) is 0 Å². The van der Waals surface area contributed by atoms with Crippen molar-refractivity contribution >= 4 is 39.9 Å². The van der Waals surface area contributed by atoms with E-state index in [2.05, 4.69) is 27.3 Å². The van der Waals surface area contributed by atoms with Gasteiger partial charge in [0.15, 0.2) is 5.82 Å². The van der Waals surface area contributed by atoms with Crippen molar-refractivity contribution in [3.05, 3.63) is 70.5 Å². The van der Waals surface area contributed by atoms with Gasteiger partial charge >= 0.3 is 0 Å². The number of nitrogens with one attached hydrogen (secondary N) is 1. The summed E-state index contributed by atoms with van der Waals surface area (Å²) in [5, 5.41) is 18.7. The number of benzene rings is 2. The molecule has 0 saturated carbocycles. The van der Waals surface area contributed by atoms with Crippen LogP contribution in [-0.2, 0) is 4.79 Å². The van der Waals surface area contributed by atoms with Gasteiger partial charge in [0.1, 0.15) is 5.52 Å². The summed E-state index contributed by atoms with van der Waals surface area (Å²) in [4.78, 5) is 15.3. The molecule has 5 rings (SSSR count). The molecule has 0 spiro atoms. The minimum absolute atomic E-state index is 0.0115. The van der Waals surface area contributed by atoms with E-state index >= 15 is 0 Å². The molecular formula is C26H27ClN6O. The fourth-order valence-corrected chi connectivity index (χ4v) is 4.96. The molecule has 1 aliphatic heterocycles. The fraction of sp³-hybridized carbons (Fsp3) is 0.308. The number of para-hydroxylation sites is 1. The van der Waals surface area contributed by atoms with E-state index in [9.17, 15) is 4.79 Å². The van der Waals surface area contributed by atoms with Gasteiger partial charge in [-0.1, -0.05) is 29.8 Å². The topological polar surface area (TPSA) is 75.9 Å². The van der Waals surface area contributed by atoms with Crippen LogP contribution in [0.4, 0.5) is 11.5 Å². The second-order valence-electron chi connectivity index (χ2n) is 8.90. The number of hydrogen-bond acceptors (Lipinski definition) is 5. The van der Waals surface area contributed by atoms with Gasteiger partial charge in [0, 0.05) is 23.8 Å². The lowest BCUT2D eigenvalue weighted by Crippen LogP contribution is -2.41. The summed E-state index contributed by atoms with van der Waals surface area (Å²) in [6.45, 7) is 7.35. The molecule has 1 atom stereocenters. The molecular weight excluding hydrogens is 448 g/mol. The molecule has 2 aromatic carbocycles. The minimum Gasteiger partial charge on any atom is -0.352 e. The highest BCUT2D eigenvalue weighted by Gasteiger charge is 2.29. The Hall–Kier alpha value is -3.45. The number of hydrogen-bond donors (Lipinski definition) is 1. The van der Waals surface area contributed by atoms with Crippen molar-refractivity contribution in [2.45, 2.75) is 33.6 Å². The molecule has 0 radical (unpaired) electrons. The average Bonchev–Trinajstić information content (AvgIpc) is 3.19. The summed E-state index contributed by atoms with van der Waals surface area (Å²) >= 11 is 6.06. The van der Waals surface area contributed by atoms with Gasteiger partial charge in [-0.3, -0.25) is 4.79 Å². The smallest absolute Gasteiger partial charge is 0.229 e. The number of aromatic nitrogens is 4. The number of anilines is 2. The van der Waals surface area contributed by atoms with E-state index in [4.69, 9.17) is 16.7 Å². The molecule has 1 fully saturated rings. The van der Waals surface area contributed by atoms with Crippen LogP contribution in [0.1, 0.15) is 29.8 Å². The van der Waals surface area contributed by atoms with Crippen LogP contribution in [0.25, 0.3) is 16.6 Å². The summed E-state index contributed by atoms with van der Waals surface area (Å²) in [6, 6.07) is 15.6. The third-order valence-corrected chi connectivity index (χ3v) is 6.76. The molecule has 1 N–H and O–H groups in total. The molecule has 1 aliphatic rings. The van der Waals surface area contributed by atoms with Gasteiger partial charge in [-0.15, -0.1) is 5.10 Å². The highest BCUT2D eigenvalue weighted by molar-refractivity contribution is 6.30. The Bertz CT molecular complexity index is 1370. The number of piperidine rings is 1. The summed E-state index contributed by atoms with van der Waals surface area (Å²) in [5.74, 6) is 0.593. The minimum atomic E-state index is -0.153. The van der Waals surface area contributed by atoms with Crippen molar-refractivity contribution in [2.24, 2.45) is 5.92 Å². The van der Waals surface area contributed by atoms with Gasteiger partial charge in [-0.05, 0) is 69.5 Å². The number of rotatable bonds is 4. The van der Waals surface area contributed by atoms with Gasteiger partial charge in [0.25, 0.3) is 0 Å². The maximum absolute atomic E-state index is 13.1. The number of halogens is 1. The zero-order valence-electron chi connectivity index (χ0n) is 19.5. The number of carbonyl (C=O) groups excluding carboxylic acids is 1. The number of aryl methyl sites for hydroxylation is 3. The lowest BCUT2D eigenvalue weighted by Gasteiger charge is -2.32. The summed E-state index contributed by atoms with van der Waals surface area (Å²) in [7, 11) is 0. The monoisotopic (exact) mass is 474 g/mol. The predicted molar refractivity (Wildman–Crippen MR) is 136 cm³/mol. The molecule has 7 nitrogen and oxygen atoms in total. The molecule has 4 aromatic rings. The highest BCUT2D eigenvalue weighted by atomic mass is 35.5. The summed E-state index contributed by atoms with van der Waals surface area (Å²) in [6.07, 6.45) is 1.72. The number of fused-ring (bicyclic) bond motifs is 1. The van der Waals surface area contributed by atoms with Crippen molar-refractivity contribution < 1.29 is 4.79 Å². The first-order valence-electron chi connectivity index (χ1n) is 11.5. The van der Waals surface area contributed by atoms with Gasteiger partial charge in [-0.25, -0.2) is 4.68 Å². The molecule has 0 bridgehead atoms. The number of amides is 1. The van der Waals surface area contributed by atoms with Crippen molar-refractivity contribution in [1.29, 1.82) is 0 Å². The Morgan fingerprint density at radius 2 is 1.88 bits per heavy atom. The van der Waals surface area contributed by atoms with Crippen molar-refractivity contribution in [1.82, 2.24) is 20.0 Å². The zero-order chi connectivity index (χ0) is 23.8. The quantitative estimate of drug-likeness (QED) is 0.437. The van der Waals surface area contributed by atoms with Gasteiger partial charge in [0.2, 0.25) is 5.91 Å². The standard InChI is InChI=1S/C26H27ClN6O/c1-16-14-20(27)11-12-22(16)28-26(34)19-8-7-13-32(15-19)25-24-23(17(2)29-30-25)18(3)33(31-24)21-9-5-4-6-10-21/h4-6,9-12,14,19H,7-8,13,15H2,1-3H3,(H,28,34). The van der Waals surface area contributed by atoms with E-state index in [1.54, 1.807) is 6.07 Å². The van der Waals surface area contributed by atoms with E-state index in [0.717, 1.165) is 64.4 Å². The van der Waals surface area contributed by atoms with Crippen molar-refractivity contribution in [3.63, 3.8) is 0 Å². The first-order valence-corrected chi connectivity index (χ1v) is 11.9. The summed E-state index contributed by atoms with van der Waals surface area (Å²) in [5.41, 5.74) is 5.43. The van der Waals surface area contributed by atoms with Crippen LogP contribution in [0.3, 0.4) is 0 Å². The average molecular weight is 475 g/mol. The molecule has 3 heterocycles. The van der Waals surface area contributed by atoms with E-state index in [-0.39, 0.29) is 11.8 Å². The maximum Gasteiger partial charge on any atom is 0.229 e. The largest absolute Gasteiger partial charge is 0.352 e. The van der Waals surface area contributed by atoms with Gasteiger partial charge < -0.3 is 10.2 Å². The number of nitrogens with zero attached hydrogens (tertiary/aromatic N) is 5. The first-order chi connectivity index (χ1) is 16.4.